The van der Waals surface area contributed by atoms with Crippen molar-refractivity contribution in [3.63, 3.8) is 0 Å². The molecule has 0 aromatic heterocycles. The monoisotopic (exact) mass is 338 g/mol. The largest absolute Gasteiger partial charge is 0.332 e. The SMILES string of the molecule is O=C(Nc1cccc(Cl)c1Cl)NC12CC3CC(CC(C3)C1)C2. The normalized spacial score (nSPS) is 35.5. The lowest BCUT2D eigenvalue weighted by molar-refractivity contribution is -0.0127. The summed E-state index contributed by atoms with van der Waals surface area (Å²) in [7, 11) is 0. The average Bonchev–Trinajstić information content (AvgIpc) is 2.41. The number of benzene rings is 1. The summed E-state index contributed by atoms with van der Waals surface area (Å²) in [4.78, 5) is 12.4. The van der Waals surface area contributed by atoms with Crippen molar-refractivity contribution in [2.75, 3.05) is 5.32 Å². The Kier molecular flexibility index (Phi) is 3.54. The summed E-state index contributed by atoms with van der Waals surface area (Å²) in [6.45, 7) is 0. The Labute approximate surface area is 140 Å². The summed E-state index contributed by atoms with van der Waals surface area (Å²) >= 11 is 12.1. The van der Waals surface area contributed by atoms with E-state index in [1.165, 1.54) is 19.3 Å². The molecule has 0 radical (unpaired) electrons. The molecule has 0 aliphatic heterocycles. The van der Waals surface area contributed by atoms with Crippen molar-refractivity contribution in [3.05, 3.63) is 28.2 Å². The van der Waals surface area contributed by atoms with Crippen molar-refractivity contribution in [3.8, 4) is 0 Å². The van der Waals surface area contributed by atoms with Crippen LogP contribution in [-0.4, -0.2) is 11.6 Å². The van der Waals surface area contributed by atoms with Gasteiger partial charge in [0.1, 0.15) is 0 Å². The van der Waals surface area contributed by atoms with Gasteiger partial charge in [-0.1, -0.05) is 29.3 Å². The van der Waals surface area contributed by atoms with Crippen LogP contribution in [0.4, 0.5) is 10.5 Å². The predicted octanol–water partition coefficient (Wildman–Crippen LogP) is 5.08. The maximum absolute atomic E-state index is 12.4. The Morgan fingerprint density at radius 3 is 2.23 bits per heavy atom. The lowest BCUT2D eigenvalue weighted by atomic mass is 9.53. The summed E-state index contributed by atoms with van der Waals surface area (Å²) < 4.78 is 0. The van der Waals surface area contributed by atoms with Gasteiger partial charge < -0.3 is 10.6 Å². The van der Waals surface area contributed by atoms with Crippen molar-refractivity contribution >= 4 is 34.9 Å². The molecule has 4 bridgehead atoms. The fourth-order valence-electron chi connectivity index (χ4n) is 5.26. The molecule has 0 atom stereocenters. The van der Waals surface area contributed by atoms with Gasteiger partial charge >= 0.3 is 6.03 Å². The molecule has 2 amide bonds. The summed E-state index contributed by atoms with van der Waals surface area (Å²) in [5.41, 5.74) is 0.570. The molecule has 3 nitrogen and oxygen atoms in total. The molecule has 0 spiro atoms. The number of anilines is 1. The Balaban J connectivity index is 1.47. The third kappa shape index (κ3) is 2.59. The van der Waals surface area contributed by atoms with E-state index >= 15 is 0 Å². The summed E-state index contributed by atoms with van der Waals surface area (Å²) in [5, 5.41) is 6.97. The molecule has 5 heteroatoms. The Hall–Kier alpha value is -0.930. The number of carbonyl (C=O) groups is 1. The Bertz CT molecular complexity index is 581. The minimum Gasteiger partial charge on any atom is -0.332 e. The molecule has 2 N–H and O–H groups in total. The van der Waals surface area contributed by atoms with Gasteiger partial charge in [0.15, 0.2) is 0 Å². The number of urea groups is 1. The minimum absolute atomic E-state index is 0.00385. The Morgan fingerprint density at radius 2 is 1.64 bits per heavy atom. The van der Waals surface area contributed by atoms with Gasteiger partial charge in [-0.2, -0.15) is 0 Å². The molecule has 0 saturated heterocycles. The van der Waals surface area contributed by atoms with E-state index in [9.17, 15) is 4.79 Å². The third-order valence-electron chi connectivity index (χ3n) is 5.62. The van der Waals surface area contributed by atoms with E-state index < -0.39 is 0 Å². The van der Waals surface area contributed by atoms with Gasteiger partial charge in [0.25, 0.3) is 0 Å². The van der Waals surface area contributed by atoms with E-state index in [0.717, 1.165) is 37.0 Å². The van der Waals surface area contributed by atoms with Gasteiger partial charge in [0, 0.05) is 5.54 Å². The zero-order chi connectivity index (χ0) is 15.3. The number of hydrogen-bond acceptors (Lipinski definition) is 1. The molecule has 1 aromatic rings. The number of halogens is 2. The number of hydrogen-bond donors (Lipinski definition) is 2. The maximum atomic E-state index is 12.4. The van der Waals surface area contributed by atoms with Crippen LogP contribution in [0.5, 0.6) is 0 Å². The third-order valence-corrected chi connectivity index (χ3v) is 6.44. The molecule has 118 valence electrons. The summed E-state index contributed by atoms with van der Waals surface area (Å²) in [6, 6.07) is 5.11. The van der Waals surface area contributed by atoms with Gasteiger partial charge in [-0.3, -0.25) is 0 Å². The van der Waals surface area contributed by atoms with Crippen LogP contribution in [0.25, 0.3) is 0 Å². The second kappa shape index (κ2) is 5.31. The van der Waals surface area contributed by atoms with E-state index in [1.807, 2.05) is 0 Å². The first-order valence-corrected chi connectivity index (χ1v) is 8.82. The van der Waals surface area contributed by atoms with E-state index in [0.29, 0.717) is 15.7 Å². The lowest BCUT2D eigenvalue weighted by Gasteiger charge is -2.56. The van der Waals surface area contributed by atoms with E-state index in [-0.39, 0.29) is 11.6 Å². The van der Waals surface area contributed by atoms with Gasteiger partial charge in [-0.15, -0.1) is 0 Å². The van der Waals surface area contributed by atoms with Crippen LogP contribution < -0.4 is 10.6 Å². The van der Waals surface area contributed by atoms with Crippen LogP contribution in [0.1, 0.15) is 38.5 Å². The van der Waals surface area contributed by atoms with Crippen LogP contribution in [0, 0.1) is 17.8 Å². The van der Waals surface area contributed by atoms with E-state index in [2.05, 4.69) is 10.6 Å². The molecule has 0 heterocycles. The molecule has 4 aliphatic rings. The first kappa shape index (κ1) is 14.6. The van der Waals surface area contributed by atoms with Gasteiger partial charge in [0.2, 0.25) is 0 Å². The molecule has 22 heavy (non-hydrogen) atoms. The molecular weight excluding hydrogens is 319 g/mol. The number of nitrogens with one attached hydrogen (secondary N) is 2. The standard InChI is InChI=1S/C17H20Cl2N2O/c18-13-2-1-3-14(15(13)19)20-16(22)21-17-7-10-4-11(8-17)6-12(5-10)9-17/h1-3,10-12H,4-9H2,(H2,20,21,22). The highest BCUT2D eigenvalue weighted by atomic mass is 35.5. The molecule has 0 unspecified atom stereocenters. The van der Waals surface area contributed by atoms with Crippen LogP contribution in [0.2, 0.25) is 10.0 Å². The zero-order valence-electron chi connectivity index (χ0n) is 12.4. The highest BCUT2D eigenvalue weighted by Gasteiger charge is 2.51. The highest BCUT2D eigenvalue weighted by molar-refractivity contribution is 6.43. The van der Waals surface area contributed by atoms with Crippen LogP contribution in [-0.2, 0) is 0 Å². The molecule has 4 aliphatic carbocycles. The fourth-order valence-corrected chi connectivity index (χ4v) is 5.61. The van der Waals surface area contributed by atoms with E-state index in [1.54, 1.807) is 18.2 Å². The van der Waals surface area contributed by atoms with Crippen LogP contribution in [0.15, 0.2) is 18.2 Å². The smallest absolute Gasteiger partial charge is 0.319 e. The first-order chi connectivity index (χ1) is 10.5. The van der Waals surface area contributed by atoms with Gasteiger partial charge in [-0.05, 0) is 68.4 Å². The highest BCUT2D eigenvalue weighted by Crippen LogP contribution is 2.55. The van der Waals surface area contributed by atoms with Crippen LogP contribution in [0.3, 0.4) is 0 Å². The first-order valence-electron chi connectivity index (χ1n) is 8.06. The van der Waals surface area contributed by atoms with Crippen molar-refractivity contribution in [1.82, 2.24) is 5.32 Å². The van der Waals surface area contributed by atoms with E-state index in [4.69, 9.17) is 23.2 Å². The predicted molar refractivity (Wildman–Crippen MR) is 89.5 cm³/mol. The quantitative estimate of drug-likeness (QED) is 0.775. The molecular formula is C17H20Cl2N2O. The zero-order valence-corrected chi connectivity index (χ0v) is 13.9. The van der Waals surface area contributed by atoms with Crippen molar-refractivity contribution < 1.29 is 4.79 Å². The van der Waals surface area contributed by atoms with Crippen molar-refractivity contribution in [2.45, 2.75) is 44.1 Å². The Morgan fingerprint density at radius 1 is 1.05 bits per heavy atom. The molecule has 4 saturated carbocycles. The van der Waals surface area contributed by atoms with Gasteiger partial charge in [0.05, 0.1) is 15.7 Å². The number of carbonyl (C=O) groups excluding carboxylic acids is 1. The molecule has 5 rings (SSSR count). The second-order valence-electron chi connectivity index (χ2n) is 7.38. The molecule has 1 aromatic carbocycles. The molecule has 4 fully saturated rings. The van der Waals surface area contributed by atoms with Crippen molar-refractivity contribution in [2.24, 2.45) is 17.8 Å². The topological polar surface area (TPSA) is 41.1 Å². The van der Waals surface area contributed by atoms with Crippen molar-refractivity contribution in [1.29, 1.82) is 0 Å². The van der Waals surface area contributed by atoms with Gasteiger partial charge in [-0.25, -0.2) is 4.79 Å². The number of amides is 2. The fraction of sp³-hybridized carbons (Fsp3) is 0.588. The summed E-state index contributed by atoms with van der Waals surface area (Å²) in [5.74, 6) is 2.42. The second-order valence-corrected chi connectivity index (χ2v) is 8.16. The van der Waals surface area contributed by atoms with Crippen LogP contribution >= 0.6 is 23.2 Å². The minimum atomic E-state index is -0.161. The number of rotatable bonds is 2. The lowest BCUT2D eigenvalue weighted by Crippen LogP contribution is -2.60. The summed E-state index contributed by atoms with van der Waals surface area (Å²) in [6.07, 6.45) is 7.50. The maximum Gasteiger partial charge on any atom is 0.319 e. The average molecular weight is 339 g/mol.